The minimum absolute atomic E-state index is 0.0917. The van der Waals surface area contributed by atoms with Gasteiger partial charge in [-0.05, 0) is 29.7 Å². The second-order valence-corrected chi connectivity index (χ2v) is 7.33. The number of hydrogen-bond donors (Lipinski definition) is 2. The van der Waals surface area contributed by atoms with E-state index in [-0.39, 0.29) is 12.3 Å². The number of nitrogens with zero attached hydrogens (tertiary/aromatic N) is 1. The van der Waals surface area contributed by atoms with E-state index >= 15 is 0 Å². The smallest absolute Gasteiger partial charge is 0.230 e. The number of carbonyl (C=O) groups excluding carboxylic acids is 1. The van der Waals surface area contributed by atoms with Crippen LogP contribution in [-0.4, -0.2) is 10.9 Å². The molecule has 1 aromatic heterocycles. The van der Waals surface area contributed by atoms with Gasteiger partial charge in [0.2, 0.25) is 5.91 Å². The minimum atomic E-state index is -0.0917. The van der Waals surface area contributed by atoms with Crippen molar-refractivity contribution in [3.63, 3.8) is 0 Å². The molecule has 4 rings (SSSR count). The van der Waals surface area contributed by atoms with E-state index in [2.05, 4.69) is 15.6 Å². The number of benzene rings is 3. The van der Waals surface area contributed by atoms with Crippen LogP contribution in [0.2, 0.25) is 5.02 Å². The van der Waals surface area contributed by atoms with Crippen LogP contribution in [0.4, 0.5) is 16.5 Å². The standard InChI is InChI=1S/C21H16ClN3OS/c22-15-7-4-8-16(11-15)23-21-24-17(13-27-21)12-20(26)25-19-10-3-6-14-5-1-2-9-18(14)19/h1-11,13H,12H2,(H,23,24)(H,25,26). The highest BCUT2D eigenvalue weighted by molar-refractivity contribution is 7.13. The van der Waals surface area contributed by atoms with Gasteiger partial charge in [-0.2, -0.15) is 0 Å². The van der Waals surface area contributed by atoms with Crippen LogP contribution in [0.1, 0.15) is 5.69 Å². The summed E-state index contributed by atoms with van der Waals surface area (Å²) in [6.45, 7) is 0. The molecule has 134 valence electrons. The number of nitrogens with one attached hydrogen (secondary N) is 2. The van der Waals surface area contributed by atoms with Gasteiger partial charge in [-0.15, -0.1) is 11.3 Å². The highest BCUT2D eigenvalue weighted by Crippen LogP contribution is 2.25. The van der Waals surface area contributed by atoms with Crippen LogP contribution in [0.3, 0.4) is 0 Å². The summed E-state index contributed by atoms with van der Waals surface area (Å²) in [4.78, 5) is 16.9. The Morgan fingerprint density at radius 3 is 2.74 bits per heavy atom. The summed E-state index contributed by atoms with van der Waals surface area (Å²) in [5.41, 5.74) is 2.40. The Balaban J connectivity index is 1.43. The van der Waals surface area contributed by atoms with Crippen molar-refractivity contribution >= 4 is 56.1 Å². The lowest BCUT2D eigenvalue weighted by Gasteiger charge is -2.08. The lowest BCUT2D eigenvalue weighted by Crippen LogP contribution is -2.14. The average Bonchev–Trinajstić information content (AvgIpc) is 3.08. The first-order chi connectivity index (χ1) is 13.2. The van der Waals surface area contributed by atoms with Crippen molar-refractivity contribution in [1.82, 2.24) is 4.98 Å². The van der Waals surface area contributed by atoms with Gasteiger partial charge < -0.3 is 10.6 Å². The van der Waals surface area contributed by atoms with Crippen molar-refractivity contribution in [2.24, 2.45) is 0 Å². The maximum absolute atomic E-state index is 12.5. The molecule has 0 radical (unpaired) electrons. The number of halogens is 1. The number of aromatic nitrogens is 1. The van der Waals surface area contributed by atoms with Crippen LogP contribution in [0.25, 0.3) is 10.8 Å². The first-order valence-corrected chi connectivity index (χ1v) is 9.68. The third-order valence-corrected chi connectivity index (χ3v) is 5.07. The Labute approximate surface area is 165 Å². The molecule has 2 N–H and O–H groups in total. The summed E-state index contributed by atoms with van der Waals surface area (Å²) in [5, 5.41) is 11.6. The zero-order valence-corrected chi connectivity index (χ0v) is 15.8. The highest BCUT2D eigenvalue weighted by atomic mass is 35.5. The van der Waals surface area contributed by atoms with E-state index < -0.39 is 0 Å². The SMILES string of the molecule is O=C(Cc1csc(Nc2cccc(Cl)c2)n1)Nc1cccc2ccccc12. The molecule has 27 heavy (non-hydrogen) atoms. The fourth-order valence-corrected chi connectivity index (χ4v) is 3.75. The molecule has 1 amide bonds. The summed E-state index contributed by atoms with van der Waals surface area (Å²) < 4.78 is 0. The lowest BCUT2D eigenvalue weighted by atomic mass is 10.1. The van der Waals surface area contributed by atoms with Gasteiger partial charge in [0.05, 0.1) is 12.1 Å². The summed E-state index contributed by atoms with van der Waals surface area (Å²) in [6.07, 6.45) is 0.219. The minimum Gasteiger partial charge on any atom is -0.331 e. The van der Waals surface area contributed by atoms with Gasteiger partial charge in [0.15, 0.2) is 5.13 Å². The normalized spacial score (nSPS) is 10.7. The lowest BCUT2D eigenvalue weighted by molar-refractivity contribution is -0.115. The molecular weight excluding hydrogens is 378 g/mol. The van der Waals surface area contributed by atoms with Crippen molar-refractivity contribution in [3.05, 3.63) is 82.8 Å². The van der Waals surface area contributed by atoms with Crippen molar-refractivity contribution in [2.45, 2.75) is 6.42 Å². The molecule has 4 nitrogen and oxygen atoms in total. The van der Waals surface area contributed by atoms with E-state index in [9.17, 15) is 4.79 Å². The van der Waals surface area contributed by atoms with Crippen molar-refractivity contribution < 1.29 is 4.79 Å². The Morgan fingerprint density at radius 2 is 1.85 bits per heavy atom. The van der Waals surface area contributed by atoms with Crippen LogP contribution in [0, 0.1) is 0 Å². The highest BCUT2D eigenvalue weighted by Gasteiger charge is 2.10. The first-order valence-electron chi connectivity index (χ1n) is 8.42. The predicted octanol–water partition coefficient (Wildman–Crippen LogP) is 5.87. The van der Waals surface area contributed by atoms with E-state index in [1.54, 1.807) is 0 Å². The van der Waals surface area contributed by atoms with Crippen LogP contribution in [0.15, 0.2) is 72.1 Å². The van der Waals surface area contributed by atoms with Crippen molar-refractivity contribution in [1.29, 1.82) is 0 Å². The molecule has 0 saturated carbocycles. The van der Waals surface area contributed by atoms with E-state index in [0.717, 1.165) is 33.0 Å². The third-order valence-electron chi connectivity index (χ3n) is 4.03. The number of rotatable bonds is 5. The van der Waals surface area contributed by atoms with Crippen LogP contribution in [0.5, 0.6) is 0 Å². The van der Waals surface area contributed by atoms with Crippen molar-refractivity contribution in [3.8, 4) is 0 Å². The molecule has 0 fully saturated rings. The zero-order chi connectivity index (χ0) is 18.6. The van der Waals surface area contributed by atoms with Gasteiger partial charge in [0.1, 0.15) is 0 Å². The summed E-state index contributed by atoms with van der Waals surface area (Å²) >= 11 is 7.45. The second-order valence-electron chi connectivity index (χ2n) is 6.03. The number of fused-ring (bicyclic) bond motifs is 1. The van der Waals surface area contributed by atoms with E-state index in [4.69, 9.17) is 11.6 Å². The molecule has 6 heteroatoms. The summed E-state index contributed by atoms with van der Waals surface area (Å²) in [5.74, 6) is -0.0917. The van der Waals surface area contributed by atoms with Crippen molar-refractivity contribution in [2.75, 3.05) is 10.6 Å². The molecule has 3 aromatic carbocycles. The molecule has 0 unspecified atom stereocenters. The third kappa shape index (κ3) is 4.27. The van der Waals surface area contributed by atoms with Gasteiger partial charge in [-0.1, -0.05) is 54.1 Å². The Bertz CT molecular complexity index is 1100. The first kappa shape index (κ1) is 17.5. The largest absolute Gasteiger partial charge is 0.331 e. The number of anilines is 3. The molecule has 0 saturated heterocycles. The number of hydrogen-bond acceptors (Lipinski definition) is 4. The van der Waals surface area contributed by atoms with Crippen LogP contribution >= 0.6 is 22.9 Å². The molecule has 0 spiro atoms. The summed E-state index contributed by atoms with van der Waals surface area (Å²) in [7, 11) is 0. The number of carbonyl (C=O) groups is 1. The van der Waals surface area contributed by atoms with E-state index in [0.29, 0.717) is 5.02 Å². The monoisotopic (exact) mass is 393 g/mol. The Kier molecular flexibility index (Phi) is 5.05. The Hall–Kier alpha value is -2.89. The average molecular weight is 394 g/mol. The van der Waals surface area contributed by atoms with Gasteiger partial charge in [-0.25, -0.2) is 4.98 Å². The topological polar surface area (TPSA) is 54.0 Å². The fourth-order valence-electron chi connectivity index (χ4n) is 2.83. The molecule has 0 aliphatic heterocycles. The maximum Gasteiger partial charge on any atom is 0.230 e. The van der Waals surface area contributed by atoms with Crippen LogP contribution in [-0.2, 0) is 11.2 Å². The zero-order valence-electron chi connectivity index (χ0n) is 14.3. The molecule has 1 heterocycles. The number of thiazole rings is 1. The molecular formula is C21H16ClN3OS. The van der Waals surface area contributed by atoms with Gasteiger partial charge in [0, 0.05) is 27.2 Å². The second kappa shape index (κ2) is 7.78. The van der Waals surface area contributed by atoms with Gasteiger partial charge >= 0.3 is 0 Å². The number of amides is 1. The van der Waals surface area contributed by atoms with E-state index in [1.807, 2.05) is 72.1 Å². The predicted molar refractivity (Wildman–Crippen MR) is 113 cm³/mol. The molecule has 4 aromatic rings. The van der Waals surface area contributed by atoms with Crippen LogP contribution < -0.4 is 10.6 Å². The van der Waals surface area contributed by atoms with Gasteiger partial charge in [0.25, 0.3) is 0 Å². The Morgan fingerprint density at radius 1 is 1.04 bits per heavy atom. The molecule has 0 bridgehead atoms. The molecule has 0 atom stereocenters. The molecule has 0 aliphatic rings. The van der Waals surface area contributed by atoms with E-state index in [1.165, 1.54) is 11.3 Å². The maximum atomic E-state index is 12.5. The quantitative estimate of drug-likeness (QED) is 0.445. The fraction of sp³-hybridized carbons (Fsp3) is 0.0476. The summed E-state index contributed by atoms with van der Waals surface area (Å²) in [6, 6.07) is 21.3. The van der Waals surface area contributed by atoms with Gasteiger partial charge in [-0.3, -0.25) is 4.79 Å². The molecule has 0 aliphatic carbocycles.